The molecule has 0 aliphatic heterocycles. The summed E-state index contributed by atoms with van der Waals surface area (Å²) >= 11 is 0. The number of carbonyl (C=O) groups is 4. The summed E-state index contributed by atoms with van der Waals surface area (Å²) in [5, 5.41) is 10.5. The molecule has 17 nitrogen and oxygen atoms in total. The lowest BCUT2D eigenvalue weighted by atomic mass is 10.0. The molecule has 0 fully saturated rings. The number of esters is 4. The van der Waals surface area contributed by atoms with Crippen LogP contribution in [-0.2, 0) is 65.4 Å². The third-order valence-electron chi connectivity index (χ3n) is 14.0. The molecule has 474 valence electrons. The SMILES string of the molecule is CCCCCCCCCCCCCCCC(=O)O[C@H](COC(=O)CCCCCCCCCCCC(C)C)COP(=O)(O)OC[C@@H](O)COP(=O)(O)OC[C@@H](COC(=O)CCCCCCC)OC(=O)CCCCCCCCCCCC. The second-order valence-corrected chi connectivity index (χ2v) is 25.5. The number of hydrogen-bond donors (Lipinski definition) is 3. The number of aliphatic hydroxyl groups excluding tert-OH is 1. The van der Waals surface area contributed by atoms with Crippen molar-refractivity contribution in [2.45, 2.75) is 323 Å². The van der Waals surface area contributed by atoms with Crippen molar-refractivity contribution in [1.82, 2.24) is 0 Å². The Morgan fingerprint density at radius 2 is 0.575 bits per heavy atom. The van der Waals surface area contributed by atoms with Crippen LogP contribution < -0.4 is 0 Å². The molecule has 0 saturated heterocycles. The highest BCUT2D eigenvalue weighted by Gasteiger charge is 2.30. The Kier molecular flexibility index (Phi) is 53.6. The molecule has 0 amide bonds. The van der Waals surface area contributed by atoms with E-state index < -0.39 is 97.5 Å². The molecule has 0 aliphatic carbocycles. The maximum atomic E-state index is 12.9. The van der Waals surface area contributed by atoms with Crippen LogP contribution in [0.1, 0.15) is 304 Å². The highest BCUT2D eigenvalue weighted by atomic mass is 31.2. The van der Waals surface area contributed by atoms with Crippen molar-refractivity contribution in [2.24, 2.45) is 5.92 Å². The summed E-state index contributed by atoms with van der Waals surface area (Å²) in [5.74, 6) is -1.40. The van der Waals surface area contributed by atoms with Crippen molar-refractivity contribution in [1.29, 1.82) is 0 Å². The monoisotopic (exact) mass is 1180 g/mol. The summed E-state index contributed by atoms with van der Waals surface area (Å²) in [6, 6.07) is 0. The van der Waals surface area contributed by atoms with E-state index >= 15 is 0 Å². The van der Waals surface area contributed by atoms with Gasteiger partial charge >= 0.3 is 39.5 Å². The summed E-state index contributed by atoms with van der Waals surface area (Å²) in [6.07, 6.45) is 37.8. The number of hydrogen-bond acceptors (Lipinski definition) is 15. The van der Waals surface area contributed by atoms with Crippen LogP contribution in [0.2, 0.25) is 0 Å². The van der Waals surface area contributed by atoms with E-state index in [4.69, 9.17) is 37.0 Å². The number of phosphoric ester groups is 2. The number of aliphatic hydroxyl groups is 1. The fourth-order valence-corrected chi connectivity index (χ4v) is 10.6. The highest BCUT2D eigenvalue weighted by molar-refractivity contribution is 7.47. The molecule has 0 aromatic rings. The minimum atomic E-state index is -4.94. The van der Waals surface area contributed by atoms with Crippen LogP contribution in [0.3, 0.4) is 0 Å². The van der Waals surface area contributed by atoms with Gasteiger partial charge in [-0.05, 0) is 31.6 Å². The fraction of sp³-hybridized carbons (Fsp3) is 0.934. The Bertz CT molecular complexity index is 1570. The van der Waals surface area contributed by atoms with E-state index in [1.807, 2.05) is 0 Å². The zero-order chi connectivity index (χ0) is 59.2. The number of phosphoric acid groups is 2. The van der Waals surface area contributed by atoms with E-state index in [0.29, 0.717) is 25.7 Å². The molecule has 3 N–H and O–H groups in total. The van der Waals surface area contributed by atoms with Crippen molar-refractivity contribution in [3.63, 3.8) is 0 Å². The summed E-state index contributed by atoms with van der Waals surface area (Å²) in [6.45, 7) is 7.06. The van der Waals surface area contributed by atoms with Gasteiger partial charge in [0.05, 0.1) is 26.4 Å². The van der Waals surface area contributed by atoms with E-state index in [1.54, 1.807) is 0 Å². The molecule has 0 aromatic heterocycles. The lowest BCUT2D eigenvalue weighted by Gasteiger charge is -2.21. The summed E-state index contributed by atoms with van der Waals surface area (Å²) in [7, 11) is -9.87. The molecule has 0 aromatic carbocycles. The van der Waals surface area contributed by atoms with E-state index in [-0.39, 0.29) is 25.7 Å². The van der Waals surface area contributed by atoms with Crippen molar-refractivity contribution in [2.75, 3.05) is 39.6 Å². The number of unbranched alkanes of at least 4 members (excludes halogenated alkanes) is 33. The van der Waals surface area contributed by atoms with Gasteiger partial charge in [0.2, 0.25) is 0 Å². The van der Waals surface area contributed by atoms with Gasteiger partial charge in [0.25, 0.3) is 0 Å². The van der Waals surface area contributed by atoms with Crippen molar-refractivity contribution < 1.29 is 80.2 Å². The van der Waals surface area contributed by atoms with Crippen LogP contribution in [0.4, 0.5) is 0 Å². The minimum absolute atomic E-state index is 0.105. The van der Waals surface area contributed by atoms with Gasteiger partial charge < -0.3 is 33.8 Å². The third-order valence-corrected chi connectivity index (χ3v) is 15.9. The standard InChI is InChI=1S/C61H118O17P2/c1-6-9-12-15-17-19-21-22-23-27-32-37-42-47-61(66)78-57(51-72-59(64)45-40-35-30-28-24-25-29-34-38-43-54(4)5)53-76-80(69,70)74-49-55(62)48-73-79(67,68)75-52-56(50-71-58(63)44-39-33-14-11-8-3)77-60(65)46-41-36-31-26-20-18-16-13-10-7-2/h54-57,62H,6-53H2,1-5H3,(H,67,68)(H,69,70)/t55-,56+,57+/m0/s1. The molecular weight excluding hydrogens is 1070 g/mol. The number of ether oxygens (including phenoxy) is 4. The number of rotatable bonds is 61. The van der Waals surface area contributed by atoms with Gasteiger partial charge in [0.1, 0.15) is 19.3 Å². The lowest BCUT2D eigenvalue weighted by molar-refractivity contribution is -0.161. The predicted molar refractivity (Wildman–Crippen MR) is 317 cm³/mol. The van der Waals surface area contributed by atoms with Crippen molar-refractivity contribution >= 4 is 39.5 Å². The summed E-state index contributed by atoms with van der Waals surface area (Å²) in [5.41, 5.74) is 0. The Labute approximate surface area is 486 Å². The molecule has 0 spiro atoms. The fourth-order valence-electron chi connectivity index (χ4n) is 9.05. The van der Waals surface area contributed by atoms with Gasteiger partial charge in [-0.1, -0.05) is 253 Å². The van der Waals surface area contributed by atoms with Gasteiger partial charge in [-0.2, -0.15) is 0 Å². The molecular formula is C61H118O17P2. The first-order valence-electron chi connectivity index (χ1n) is 32.1. The normalized spacial score (nSPS) is 14.3. The third kappa shape index (κ3) is 55.3. The van der Waals surface area contributed by atoms with Crippen LogP contribution in [-0.4, -0.2) is 96.7 Å². The molecule has 5 atom stereocenters. The van der Waals surface area contributed by atoms with E-state index in [1.165, 1.54) is 122 Å². The number of carbonyl (C=O) groups excluding carboxylic acids is 4. The second kappa shape index (κ2) is 55.0. The van der Waals surface area contributed by atoms with E-state index in [2.05, 4.69) is 34.6 Å². The van der Waals surface area contributed by atoms with Crippen LogP contribution in [0.25, 0.3) is 0 Å². The second-order valence-electron chi connectivity index (χ2n) is 22.6. The Balaban J connectivity index is 5.18. The molecule has 0 saturated carbocycles. The van der Waals surface area contributed by atoms with Gasteiger partial charge in [-0.3, -0.25) is 37.3 Å². The molecule has 80 heavy (non-hydrogen) atoms. The van der Waals surface area contributed by atoms with Gasteiger partial charge in [0.15, 0.2) is 12.2 Å². The van der Waals surface area contributed by atoms with E-state index in [0.717, 1.165) is 102 Å². The molecule has 0 heterocycles. The highest BCUT2D eigenvalue weighted by Crippen LogP contribution is 2.45. The molecule has 0 aliphatic rings. The van der Waals surface area contributed by atoms with Crippen LogP contribution in [0.5, 0.6) is 0 Å². The van der Waals surface area contributed by atoms with Gasteiger partial charge in [0, 0.05) is 25.7 Å². The quantitative estimate of drug-likeness (QED) is 0.0222. The average Bonchev–Trinajstić information content (AvgIpc) is 3.42. The van der Waals surface area contributed by atoms with Gasteiger partial charge in [-0.25, -0.2) is 9.13 Å². The Morgan fingerprint density at radius 3 is 0.850 bits per heavy atom. The van der Waals surface area contributed by atoms with Crippen LogP contribution in [0, 0.1) is 5.92 Å². The molecule has 0 rings (SSSR count). The van der Waals surface area contributed by atoms with Crippen molar-refractivity contribution in [3.05, 3.63) is 0 Å². The van der Waals surface area contributed by atoms with Crippen molar-refractivity contribution in [3.8, 4) is 0 Å². The predicted octanol–water partition coefficient (Wildman–Crippen LogP) is 16.6. The lowest BCUT2D eigenvalue weighted by Crippen LogP contribution is -2.30. The maximum Gasteiger partial charge on any atom is 0.472 e. The first-order valence-corrected chi connectivity index (χ1v) is 35.1. The zero-order valence-electron chi connectivity index (χ0n) is 51.2. The zero-order valence-corrected chi connectivity index (χ0v) is 53.0. The molecule has 19 heteroatoms. The maximum absolute atomic E-state index is 12.9. The Morgan fingerprint density at radius 1 is 0.338 bits per heavy atom. The molecule has 0 radical (unpaired) electrons. The first-order chi connectivity index (χ1) is 38.5. The van der Waals surface area contributed by atoms with Gasteiger partial charge in [-0.15, -0.1) is 0 Å². The largest absolute Gasteiger partial charge is 0.472 e. The summed E-state index contributed by atoms with van der Waals surface area (Å²) in [4.78, 5) is 71.8. The summed E-state index contributed by atoms with van der Waals surface area (Å²) < 4.78 is 67.7. The average molecular weight is 1190 g/mol. The molecule has 0 bridgehead atoms. The smallest absolute Gasteiger partial charge is 0.462 e. The van der Waals surface area contributed by atoms with E-state index in [9.17, 15) is 43.2 Å². The van der Waals surface area contributed by atoms with Crippen LogP contribution in [0.15, 0.2) is 0 Å². The minimum Gasteiger partial charge on any atom is -0.462 e. The Hall–Kier alpha value is -1.94. The topological polar surface area (TPSA) is 237 Å². The molecule has 2 unspecified atom stereocenters. The van der Waals surface area contributed by atoms with Crippen LogP contribution >= 0.6 is 15.6 Å². The first kappa shape index (κ1) is 78.1.